The molecule has 1 aliphatic rings. The molecule has 8 heteroatoms. The fraction of sp³-hybridized carbons (Fsp3) is 0.438. The quantitative estimate of drug-likeness (QED) is 0.650. The molecular formula is C16H20N3O3S2+. The summed E-state index contributed by atoms with van der Waals surface area (Å²) >= 11 is 6.96. The predicted molar refractivity (Wildman–Crippen MR) is 94.5 cm³/mol. The molecule has 1 unspecified atom stereocenters. The van der Waals surface area contributed by atoms with Crippen LogP contribution in [-0.4, -0.2) is 47.0 Å². The Labute approximate surface area is 149 Å². The monoisotopic (exact) mass is 366 g/mol. The van der Waals surface area contributed by atoms with Gasteiger partial charge in [-0.2, -0.15) is 4.68 Å². The maximum atomic E-state index is 11.7. The highest BCUT2D eigenvalue weighted by Crippen LogP contribution is 2.21. The maximum Gasteiger partial charge on any atom is 0.324 e. The van der Waals surface area contributed by atoms with Crippen LogP contribution in [0.25, 0.3) is 11.5 Å². The van der Waals surface area contributed by atoms with Gasteiger partial charge in [0.05, 0.1) is 13.7 Å². The van der Waals surface area contributed by atoms with Gasteiger partial charge >= 0.3 is 5.97 Å². The van der Waals surface area contributed by atoms with Crippen LogP contribution in [-0.2, 0) is 16.2 Å². The van der Waals surface area contributed by atoms with E-state index in [4.69, 9.17) is 21.4 Å². The van der Waals surface area contributed by atoms with E-state index in [1.165, 1.54) is 12.0 Å². The molecule has 0 saturated carbocycles. The lowest BCUT2D eigenvalue weighted by Crippen LogP contribution is -3.14. The summed E-state index contributed by atoms with van der Waals surface area (Å²) in [6.45, 7) is 4.25. The van der Waals surface area contributed by atoms with E-state index in [0.29, 0.717) is 23.9 Å². The van der Waals surface area contributed by atoms with Crippen molar-refractivity contribution in [3.05, 3.63) is 34.7 Å². The van der Waals surface area contributed by atoms with Crippen LogP contribution in [0.5, 0.6) is 0 Å². The largest absolute Gasteiger partial charge is 0.468 e. The summed E-state index contributed by atoms with van der Waals surface area (Å²) in [5.41, 5.74) is 2.03. The van der Waals surface area contributed by atoms with Crippen LogP contribution >= 0.6 is 24.0 Å². The molecule has 24 heavy (non-hydrogen) atoms. The molecule has 2 aromatic rings. The van der Waals surface area contributed by atoms with Gasteiger partial charge in [0.1, 0.15) is 6.54 Å². The van der Waals surface area contributed by atoms with Gasteiger partial charge in [-0.3, -0.25) is 4.79 Å². The molecule has 1 fully saturated rings. The van der Waals surface area contributed by atoms with Crippen LogP contribution in [0.4, 0.5) is 0 Å². The third-order valence-corrected chi connectivity index (χ3v) is 5.56. The van der Waals surface area contributed by atoms with E-state index in [9.17, 15) is 4.79 Å². The number of aryl methyl sites for hydroxylation is 1. The summed E-state index contributed by atoms with van der Waals surface area (Å²) < 4.78 is 12.2. The molecule has 2 atom stereocenters. The minimum absolute atomic E-state index is 0.129. The van der Waals surface area contributed by atoms with Crippen LogP contribution in [0.15, 0.2) is 28.7 Å². The molecule has 1 aromatic heterocycles. The fourth-order valence-electron chi connectivity index (χ4n) is 2.73. The van der Waals surface area contributed by atoms with Crippen LogP contribution < -0.4 is 4.90 Å². The molecule has 2 heterocycles. The molecule has 1 aliphatic heterocycles. The first kappa shape index (κ1) is 17.2. The van der Waals surface area contributed by atoms with Crippen molar-refractivity contribution in [2.45, 2.75) is 18.8 Å². The molecule has 3 rings (SSSR count). The Morgan fingerprint density at radius 3 is 3.08 bits per heavy atom. The Morgan fingerprint density at radius 2 is 2.33 bits per heavy atom. The number of benzene rings is 1. The summed E-state index contributed by atoms with van der Waals surface area (Å²) in [7, 11) is 1.43. The average Bonchev–Trinajstić information content (AvgIpc) is 2.95. The van der Waals surface area contributed by atoms with Gasteiger partial charge in [-0.15, -0.1) is 16.9 Å². The Morgan fingerprint density at radius 1 is 1.54 bits per heavy atom. The van der Waals surface area contributed by atoms with Crippen molar-refractivity contribution in [2.75, 3.05) is 26.0 Å². The summed E-state index contributed by atoms with van der Waals surface area (Å²) in [6, 6.07) is 7.92. The smallest absolute Gasteiger partial charge is 0.324 e. The van der Waals surface area contributed by atoms with E-state index in [1.807, 2.05) is 31.2 Å². The summed E-state index contributed by atoms with van der Waals surface area (Å²) in [5, 5.41) is 4.40. The van der Waals surface area contributed by atoms with Gasteiger partial charge in [-0.1, -0.05) is 18.2 Å². The minimum atomic E-state index is -0.165. The van der Waals surface area contributed by atoms with E-state index < -0.39 is 0 Å². The Kier molecular flexibility index (Phi) is 5.37. The lowest BCUT2D eigenvalue weighted by molar-refractivity contribution is -0.921. The first-order chi connectivity index (χ1) is 11.6. The second kappa shape index (κ2) is 7.50. The number of esters is 1. The maximum absolute atomic E-state index is 11.7. The number of nitrogens with zero attached hydrogens (tertiary/aromatic N) is 2. The number of carbonyl (C=O) groups is 1. The van der Waals surface area contributed by atoms with Crippen molar-refractivity contribution in [1.29, 1.82) is 0 Å². The zero-order valence-corrected chi connectivity index (χ0v) is 15.3. The van der Waals surface area contributed by atoms with Gasteiger partial charge in [-0.25, -0.2) is 0 Å². The summed E-state index contributed by atoms with van der Waals surface area (Å²) in [6.07, 6.45) is 0. The Bertz CT molecular complexity index is 787. The van der Waals surface area contributed by atoms with Crippen molar-refractivity contribution in [3.8, 4) is 11.5 Å². The van der Waals surface area contributed by atoms with Crippen LogP contribution in [0.2, 0.25) is 0 Å². The highest BCUT2D eigenvalue weighted by molar-refractivity contribution is 8.00. The minimum Gasteiger partial charge on any atom is -0.468 e. The van der Waals surface area contributed by atoms with Gasteiger partial charge in [0, 0.05) is 11.3 Å². The van der Waals surface area contributed by atoms with Crippen LogP contribution in [0.3, 0.4) is 0 Å². The number of hydrogen-bond donors (Lipinski definition) is 1. The topological polar surface area (TPSA) is 61.7 Å². The number of aromatic nitrogens is 2. The molecule has 0 aliphatic carbocycles. The molecule has 0 bridgehead atoms. The number of thioether (sulfide) groups is 1. The SMILES string of the molecule is COC(=O)[C@H]1C[NH+](Cn2nc(-c3ccccc3C)oc2=S)CCS1. The first-order valence-electron chi connectivity index (χ1n) is 7.75. The molecule has 1 saturated heterocycles. The van der Waals surface area contributed by atoms with Crippen LogP contribution in [0, 0.1) is 11.8 Å². The van der Waals surface area contributed by atoms with Crippen molar-refractivity contribution in [3.63, 3.8) is 0 Å². The number of hydrogen-bond acceptors (Lipinski definition) is 6. The van der Waals surface area contributed by atoms with Gasteiger partial charge in [0.2, 0.25) is 5.89 Å². The second-order valence-electron chi connectivity index (χ2n) is 5.73. The average molecular weight is 366 g/mol. The molecule has 1 aromatic carbocycles. The van der Waals surface area contributed by atoms with Gasteiger partial charge < -0.3 is 14.1 Å². The van der Waals surface area contributed by atoms with E-state index in [-0.39, 0.29) is 11.2 Å². The number of ether oxygens (including phenoxy) is 1. The third-order valence-electron chi connectivity index (χ3n) is 4.07. The zero-order valence-electron chi connectivity index (χ0n) is 13.7. The lowest BCUT2D eigenvalue weighted by atomic mass is 10.1. The molecule has 128 valence electrons. The summed E-state index contributed by atoms with van der Waals surface area (Å²) in [4.78, 5) is 13.3. The second-order valence-corrected chi connectivity index (χ2v) is 7.39. The number of methoxy groups -OCH3 is 1. The van der Waals surface area contributed by atoms with E-state index >= 15 is 0 Å². The fourth-order valence-corrected chi connectivity index (χ4v) is 4.20. The van der Waals surface area contributed by atoms with E-state index in [2.05, 4.69) is 5.10 Å². The standard InChI is InChI=1S/C16H19N3O3S2/c1-11-5-3-4-6-12(11)14-17-19(16(23)22-14)10-18-7-8-24-13(9-18)15(20)21-2/h3-6,13H,7-10H2,1-2H3/p+1/t13-/m1/s1. The number of rotatable bonds is 4. The third kappa shape index (κ3) is 3.71. The Hall–Kier alpha value is -1.64. The van der Waals surface area contributed by atoms with Gasteiger partial charge in [0.25, 0.3) is 4.84 Å². The number of carbonyl (C=O) groups excluding carboxylic acids is 1. The molecular weight excluding hydrogens is 346 g/mol. The molecule has 6 nitrogen and oxygen atoms in total. The highest BCUT2D eigenvalue weighted by Gasteiger charge is 2.30. The molecule has 1 N–H and O–H groups in total. The van der Waals surface area contributed by atoms with Crippen molar-refractivity contribution in [2.24, 2.45) is 0 Å². The van der Waals surface area contributed by atoms with Crippen molar-refractivity contribution < 1.29 is 18.8 Å². The first-order valence-corrected chi connectivity index (χ1v) is 9.21. The van der Waals surface area contributed by atoms with Crippen molar-refractivity contribution >= 4 is 29.9 Å². The number of quaternary nitrogens is 1. The predicted octanol–water partition coefficient (Wildman–Crippen LogP) is 1.31. The molecule has 0 spiro atoms. The van der Waals surface area contributed by atoms with E-state index in [1.54, 1.807) is 16.4 Å². The Balaban J connectivity index is 1.75. The van der Waals surface area contributed by atoms with Crippen molar-refractivity contribution in [1.82, 2.24) is 9.78 Å². The highest BCUT2D eigenvalue weighted by atomic mass is 32.2. The zero-order chi connectivity index (χ0) is 17.1. The lowest BCUT2D eigenvalue weighted by Gasteiger charge is -2.27. The molecule has 0 amide bonds. The molecule has 0 radical (unpaired) electrons. The van der Waals surface area contributed by atoms with Gasteiger partial charge in [0.15, 0.2) is 11.9 Å². The van der Waals surface area contributed by atoms with E-state index in [0.717, 1.165) is 23.4 Å². The van der Waals surface area contributed by atoms with Crippen LogP contribution in [0.1, 0.15) is 5.56 Å². The normalized spacial score (nSPS) is 20.8. The van der Waals surface area contributed by atoms with Gasteiger partial charge in [-0.05, 0) is 30.8 Å². The summed E-state index contributed by atoms with van der Waals surface area (Å²) in [5.74, 6) is 1.28. The number of nitrogens with one attached hydrogen (secondary N) is 1.